The number of aromatic nitrogens is 1. The topological polar surface area (TPSA) is 83.0 Å². The van der Waals surface area contributed by atoms with E-state index in [1.54, 1.807) is 6.20 Å². The molecule has 1 saturated carbocycles. The van der Waals surface area contributed by atoms with Crippen LogP contribution in [-0.2, 0) is 9.53 Å². The van der Waals surface area contributed by atoms with Gasteiger partial charge < -0.3 is 14.7 Å². The summed E-state index contributed by atoms with van der Waals surface area (Å²) in [5.41, 5.74) is 0.218. The number of thiazole rings is 1. The number of hydrogen-bond acceptors (Lipinski definition) is 7. The molecule has 2 fully saturated rings. The van der Waals surface area contributed by atoms with E-state index in [1.807, 2.05) is 17.2 Å². The minimum atomic E-state index is -0.838. The average molecular weight is 476 g/mol. The Balaban J connectivity index is 1.39. The van der Waals surface area contributed by atoms with Crippen LogP contribution in [0.1, 0.15) is 56.8 Å². The lowest BCUT2D eigenvalue weighted by Crippen LogP contribution is -2.56. The molecule has 1 amide bonds. The van der Waals surface area contributed by atoms with Gasteiger partial charge in [0, 0.05) is 63.6 Å². The lowest BCUT2D eigenvalue weighted by Gasteiger charge is -2.53. The zero-order valence-corrected chi connectivity index (χ0v) is 21.0. The van der Waals surface area contributed by atoms with E-state index in [2.05, 4.69) is 29.8 Å². The predicted octanol–water partition coefficient (Wildman–Crippen LogP) is 3.21. The highest BCUT2D eigenvalue weighted by atomic mass is 32.1. The van der Waals surface area contributed by atoms with E-state index in [1.165, 1.54) is 18.3 Å². The summed E-state index contributed by atoms with van der Waals surface area (Å²) < 4.78 is 5.53. The molecule has 4 rings (SSSR count). The number of carbonyl (C=O) groups is 2. The van der Waals surface area contributed by atoms with Crippen molar-refractivity contribution >= 4 is 23.2 Å². The summed E-state index contributed by atoms with van der Waals surface area (Å²) in [4.78, 5) is 32.7. The van der Waals surface area contributed by atoms with Gasteiger partial charge in [0.25, 0.3) is 5.91 Å². The van der Waals surface area contributed by atoms with Crippen LogP contribution in [-0.4, -0.2) is 76.2 Å². The van der Waals surface area contributed by atoms with Gasteiger partial charge in [0.15, 0.2) is 5.01 Å². The second-order valence-corrected chi connectivity index (χ2v) is 11.2. The lowest BCUT2D eigenvalue weighted by molar-refractivity contribution is -0.159. The molecule has 1 saturated heterocycles. The highest BCUT2D eigenvalue weighted by molar-refractivity contribution is 7.11. The first kappa shape index (κ1) is 24.4. The molecule has 0 bridgehead atoms. The first-order chi connectivity index (χ1) is 15.7. The maximum absolute atomic E-state index is 12.6. The van der Waals surface area contributed by atoms with Gasteiger partial charge in [-0.05, 0) is 43.1 Å². The molecule has 1 N–H and O–H groups in total. The van der Waals surface area contributed by atoms with Crippen molar-refractivity contribution in [1.29, 1.82) is 0 Å². The quantitative estimate of drug-likeness (QED) is 0.520. The van der Waals surface area contributed by atoms with Gasteiger partial charge >= 0.3 is 5.97 Å². The number of esters is 1. The van der Waals surface area contributed by atoms with Crippen LogP contribution >= 0.6 is 11.3 Å². The third-order valence-corrected chi connectivity index (χ3v) is 8.91. The number of nitrogens with zero attached hydrogens (tertiary/aromatic N) is 3. The number of hydrogen-bond donors (Lipinski definition) is 1. The minimum absolute atomic E-state index is 0.0363. The van der Waals surface area contributed by atoms with E-state index in [9.17, 15) is 14.7 Å². The summed E-state index contributed by atoms with van der Waals surface area (Å²) in [7, 11) is 0. The molecule has 33 heavy (non-hydrogen) atoms. The molecule has 1 aliphatic heterocycles. The SMILES string of the molecule is CC(=O)O[C@@H]1C[C@@]2(O)[C@H](C)CC[C@@H](C(C)CN3CCN(C(=O)c4nccs4)CC3)[C@H]2C=C1C. The molecule has 182 valence electrons. The van der Waals surface area contributed by atoms with E-state index in [-0.39, 0.29) is 29.8 Å². The third kappa shape index (κ3) is 5.03. The van der Waals surface area contributed by atoms with Crippen molar-refractivity contribution in [3.63, 3.8) is 0 Å². The van der Waals surface area contributed by atoms with Crippen LogP contribution in [0.5, 0.6) is 0 Å². The van der Waals surface area contributed by atoms with Gasteiger partial charge in [-0.2, -0.15) is 0 Å². The zero-order valence-electron chi connectivity index (χ0n) is 20.2. The monoisotopic (exact) mass is 475 g/mol. The van der Waals surface area contributed by atoms with E-state index in [4.69, 9.17) is 4.74 Å². The Morgan fingerprint density at radius 2 is 2.03 bits per heavy atom. The maximum atomic E-state index is 12.6. The molecule has 0 aromatic carbocycles. The summed E-state index contributed by atoms with van der Waals surface area (Å²) in [5.74, 6) is 0.799. The van der Waals surface area contributed by atoms with Gasteiger partial charge in [-0.15, -0.1) is 11.3 Å². The van der Waals surface area contributed by atoms with Crippen molar-refractivity contribution in [3.8, 4) is 0 Å². The van der Waals surface area contributed by atoms with Crippen molar-refractivity contribution < 1.29 is 19.4 Å². The van der Waals surface area contributed by atoms with Crippen LogP contribution in [0, 0.1) is 23.7 Å². The number of amides is 1. The van der Waals surface area contributed by atoms with Crippen molar-refractivity contribution in [2.75, 3.05) is 32.7 Å². The Bertz CT molecular complexity index is 880. The van der Waals surface area contributed by atoms with Gasteiger partial charge in [-0.3, -0.25) is 14.5 Å². The van der Waals surface area contributed by atoms with E-state index in [0.717, 1.165) is 51.1 Å². The summed E-state index contributed by atoms with van der Waals surface area (Å²) in [6, 6.07) is 0. The molecule has 7 nitrogen and oxygen atoms in total. The fourth-order valence-corrected chi connectivity index (χ4v) is 6.74. The van der Waals surface area contributed by atoms with E-state index in [0.29, 0.717) is 23.3 Å². The highest BCUT2D eigenvalue weighted by Crippen LogP contribution is 2.51. The number of ether oxygens (including phenoxy) is 1. The van der Waals surface area contributed by atoms with E-state index >= 15 is 0 Å². The molecule has 1 aromatic heterocycles. The smallest absolute Gasteiger partial charge is 0.303 e. The van der Waals surface area contributed by atoms with Crippen LogP contribution in [0.15, 0.2) is 23.2 Å². The number of fused-ring (bicyclic) bond motifs is 1. The Morgan fingerprint density at radius 3 is 2.67 bits per heavy atom. The predicted molar refractivity (Wildman–Crippen MR) is 128 cm³/mol. The number of rotatable bonds is 5. The van der Waals surface area contributed by atoms with Crippen LogP contribution in [0.25, 0.3) is 0 Å². The second kappa shape index (κ2) is 9.84. The van der Waals surface area contributed by atoms with Gasteiger partial charge in [-0.25, -0.2) is 4.98 Å². The first-order valence-electron chi connectivity index (χ1n) is 12.2. The minimum Gasteiger partial charge on any atom is -0.458 e. The van der Waals surface area contributed by atoms with Gasteiger partial charge in [0.05, 0.1) is 5.60 Å². The van der Waals surface area contributed by atoms with E-state index < -0.39 is 5.60 Å². The fraction of sp³-hybridized carbons (Fsp3) is 0.720. The summed E-state index contributed by atoms with van der Waals surface area (Å²) in [6.07, 6.45) is 6.11. The molecule has 2 heterocycles. The molecule has 0 radical (unpaired) electrons. The number of piperazine rings is 1. The summed E-state index contributed by atoms with van der Waals surface area (Å²) in [6.45, 7) is 12.0. The molecule has 1 unspecified atom stereocenters. The Kier molecular flexibility index (Phi) is 7.26. The second-order valence-electron chi connectivity index (χ2n) is 10.3. The summed E-state index contributed by atoms with van der Waals surface area (Å²) in [5, 5.41) is 14.2. The fourth-order valence-electron chi connectivity index (χ4n) is 6.14. The van der Waals surface area contributed by atoms with Crippen LogP contribution in [0.4, 0.5) is 0 Å². The van der Waals surface area contributed by atoms with Crippen molar-refractivity contribution in [3.05, 3.63) is 28.2 Å². The largest absolute Gasteiger partial charge is 0.458 e. The molecule has 6 atom stereocenters. The van der Waals surface area contributed by atoms with Crippen LogP contribution in [0.2, 0.25) is 0 Å². The van der Waals surface area contributed by atoms with Crippen molar-refractivity contribution in [1.82, 2.24) is 14.8 Å². The standard InChI is InChI=1S/C25H37N3O4S/c1-16-13-21-20(6-5-18(3)25(21,31)14-22(16)32-19(4)29)17(2)15-27-8-10-28(11-9-27)24(30)23-26-7-12-33-23/h7,12-13,17-18,20-22,31H,5-6,8-11,14-15H2,1-4H3/t17?,18-,20+,21-,22-,25-/m1/s1. The van der Waals surface area contributed by atoms with Crippen molar-refractivity contribution in [2.24, 2.45) is 23.7 Å². The van der Waals surface area contributed by atoms with Crippen LogP contribution < -0.4 is 0 Å². The molecular weight excluding hydrogens is 438 g/mol. The van der Waals surface area contributed by atoms with Gasteiger partial charge in [-0.1, -0.05) is 19.9 Å². The van der Waals surface area contributed by atoms with Gasteiger partial charge in [0.1, 0.15) is 6.10 Å². The molecule has 0 spiro atoms. The Hall–Kier alpha value is -1.77. The Morgan fingerprint density at radius 1 is 1.30 bits per heavy atom. The number of aliphatic hydroxyl groups is 1. The van der Waals surface area contributed by atoms with Gasteiger partial charge in [0.2, 0.25) is 0 Å². The molecule has 8 heteroatoms. The molecule has 2 aliphatic carbocycles. The highest BCUT2D eigenvalue weighted by Gasteiger charge is 2.52. The molecule has 1 aromatic rings. The average Bonchev–Trinajstić information content (AvgIpc) is 3.31. The molecule has 3 aliphatic rings. The summed E-state index contributed by atoms with van der Waals surface area (Å²) >= 11 is 1.40. The third-order valence-electron chi connectivity index (χ3n) is 8.15. The lowest BCUT2D eigenvalue weighted by atomic mass is 9.57. The Labute approximate surface area is 200 Å². The van der Waals surface area contributed by atoms with Crippen LogP contribution in [0.3, 0.4) is 0 Å². The normalized spacial score (nSPS) is 33.7. The molecular formula is C25H37N3O4S. The zero-order chi connectivity index (χ0) is 23.8. The number of carbonyl (C=O) groups excluding carboxylic acids is 2. The first-order valence-corrected chi connectivity index (χ1v) is 13.1. The van der Waals surface area contributed by atoms with Crippen molar-refractivity contribution in [2.45, 2.75) is 58.7 Å². The maximum Gasteiger partial charge on any atom is 0.303 e.